The highest BCUT2D eigenvalue weighted by Crippen LogP contribution is 2.18. The Bertz CT molecular complexity index is 416. The van der Waals surface area contributed by atoms with E-state index in [1.807, 2.05) is 13.0 Å². The standard InChI is InChI=1S/C15H22N2O2/c1-5-7-14(12(3)13(4)18)16-8-10-17(11-9-16)15(19)6-2/h6-7H,2-3,5,8-11H2,1,4H3/b14-7-. The van der Waals surface area contributed by atoms with Gasteiger partial charge in [0.05, 0.1) is 0 Å². The van der Waals surface area contributed by atoms with E-state index >= 15 is 0 Å². The number of nitrogens with zero attached hydrogens (tertiary/aromatic N) is 2. The summed E-state index contributed by atoms with van der Waals surface area (Å²) in [7, 11) is 0. The van der Waals surface area contributed by atoms with E-state index in [-0.39, 0.29) is 11.7 Å². The van der Waals surface area contributed by atoms with Crippen LogP contribution < -0.4 is 0 Å². The van der Waals surface area contributed by atoms with Crippen LogP contribution in [0.5, 0.6) is 0 Å². The third-order valence-electron chi connectivity index (χ3n) is 3.24. The SMILES string of the molecule is C=CC(=O)N1CCN(/C(=C\CC)C(=C)C(C)=O)CC1. The number of piperazine rings is 1. The van der Waals surface area contributed by atoms with E-state index in [4.69, 9.17) is 0 Å². The number of carbonyl (C=O) groups excluding carboxylic acids is 2. The molecule has 1 fully saturated rings. The van der Waals surface area contributed by atoms with Crippen molar-refractivity contribution in [3.05, 3.63) is 36.6 Å². The molecule has 0 bridgehead atoms. The molecule has 0 saturated carbocycles. The van der Waals surface area contributed by atoms with Gasteiger partial charge in [0.1, 0.15) is 0 Å². The van der Waals surface area contributed by atoms with Gasteiger partial charge < -0.3 is 9.80 Å². The number of Topliss-reactive ketones (excluding diaryl/α,β-unsaturated/α-hetero) is 1. The van der Waals surface area contributed by atoms with Crippen LogP contribution in [0.3, 0.4) is 0 Å². The van der Waals surface area contributed by atoms with Gasteiger partial charge in [-0.15, -0.1) is 0 Å². The molecule has 0 N–H and O–H groups in total. The molecule has 0 aromatic carbocycles. The Morgan fingerprint density at radius 3 is 2.11 bits per heavy atom. The number of allylic oxidation sites excluding steroid dienone is 2. The fourth-order valence-corrected chi connectivity index (χ4v) is 2.11. The van der Waals surface area contributed by atoms with Crippen molar-refractivity contribution in [2.45, 2.75) is 20.3 Å². The highest BCUT2D eigenvalue weighted by atomic mass is 16.2. The second-order valence-corrected chi connectivity index (χ2v) is 4.55. The van der Waals surface area contributed by atoms with Crippen LogP contribution in [0.15, 0.2) is 36.6 Å². The van der Waals surface area contributed by atoms with Crippen molar-refractivity contribution in [3.63, 3.8) is 0 Å². The minimum atomic E-state index is -0.0361. The summed E-state index contributed by atoms with van der Waals surface area (Å²) in [5.41, 5.74) is 1.45. The number of rotatable bonds is 5. The number of hydrogen-bond donors (Lipinski definition) is 0. The molecular weight excluding hydrogens is 240 g/mol. The summed E-state index contributed by atoms with van der Waals surface area (Å²) in [6.45, 7) is 13.7. The maximum absolute atomic E-state index is 11.5. The third kappa shape index (κ3) is 3.81. The Morgan fingerprint density at radius 2 is 1.68 bits per heavy atom. The summed E-state index contributed by atoms with van der Waals surface area (Å²) in [5.74, 6) is -0.0460. The smallest absolute Gasteiger partial charge is 0.246 e. The van der Waals surface area contributed by atoms with Gasteiger partial charge in [-0.05, 0) is 19.4 Å². The number of carbonyl (C=O) groups is 2. The second kappa shape index (κ2) is 6.92. The predicted octanol–water partition coefficient (Wildman–Crippen LogP) is 1.76. The molecule has 1 heterocycles. The van der Waals surface area contributed by atoms with Gasteiger partial charge >= 0.3 is 0 Å². The van der Waals surface area contributed by atoms with E-state index in [2.05, 4.69) is 18.1 Å². The van der Waals surface area contributed by atoms with Crippen LogP contribution in [0.2, 0.25) is 0 Å². The average Bonchev–Trinajstić information content (AvgIpc) is 2.43. The molecule has 1 aliphatic rings. The van der Waals surface area contributed by atoms with Crippen LogP contribution in [0, 0.1) is 0 Å². The first-order valence-corrected chi connectivity index (χ1v) is 6.57. The Morgan fingerprint density at radius 1 is 1.16 bits per heavy atom. The molecule has 0 unspecified atom stereocenters. The van der Waals surface area contributed by atoms with Crippen molar-refractivity contribution in [3.8, 4) is 0 Å². The van der Waals surface area contributed by atoms with Gasteiger partial charge in [0.15, 0.2) is 5.78 Å². The molecule has 1 amide bonds. The molecule has 0 aromatic rings. The van der Waals surface area contributed by atoms with Crippen molar-refractivity contribution < 1.29 is 9.59 Å². The first kappa shape index (κ1) is 15.2. The van der Waals surface area contributed by atoms with Crippen LogP contribution in [0.4, 0.5) is 0 Å². The minimum absolute atomic E-state index is 0.00991. The maximum Gasteiger partial charge on any atom is 0.246 e. The average molecular weight is 262 g/mol. The monoisotopic (exact) mass is 262 g/mol. The molecule has 0 atom stereocenters. The van der Waals surface area contributed by atoms with Crippen molar-refractivity contribution in [2.75, 3.05) is 26.2 Å². The van der Waals surface area contributed by atoms with E-state index in [0.717, 1.165) is 25.2 Å². The summed E-state index contributed by atoms with van der Waals surface area (Å²) < 4.78 is 0. The van der Waals surface area contributed by atoms with Crippen molar-refractivity contribution in [1.29, 1.82) is 0 Å². The molecule has 0 aromatic heterocycles. The largest absolute Gasteiger partial charge is 0.368 e. The summed E-state index contributed by atoms with van der Waals surface area (Å²) in [4.78, 5) is 26.9. The van der Waals surface area contributed by atoms with E-state index in [9.17, 15) is 9.59 Å². The van der Waals surface area contributed by atoms with Crippen molar-refractivity contribution in [2.24, 2.45) is 0 Å². The zero-order valence-electron chi connectivity index (χ0n) is 11.8. The molecule has 4 nitrogen and oxygen atoms in total. The van der Waals surface area contributed by atoms with Crippen LogP contribution in [0.25, 0.3) is 0 Å². The number of amides is 1. The summed E-state index contributed by atoms with van der Waals surface area (Å²) >= 11 is 0. The lowest BCUT2D eigenvalue weighted by atomic mass is 10.1. The quantitative estimate of drug-likeness (QED) is 0.560. The topological polar surface area (TPSA) is 40.6 Å². The lowest BCUT2D eigenvalue weighted by Gasteiger charge is -2.37. The van der Waals surface area contributed by atoms with Crippen LogP contribution in [-0.4, -0.2) is 47.7 Å². The lowest BCUT2D eigenvalue weighted by molar-refractivity contribution is -0.127. The lowest BCUT2D eigenvalue weighted by Crippen LogP contribution is -2.48. The first-order valence-electron chi connectivity index (χ1n) is 6.57. The molecule has 104 valence electrons. The van der Waals surface area contributed by atoms with Crippen LogP contribution in [0.1, 0.15) is 20.3 Å². The van der Waals surface area contributed by atoms with E-state index in [1.54, 1.807) is 4.90 Å². The van der Waals surface area contributed by atoms with Crippen molar-refractivity contribution in [1.82, 2.24) is 9.80 Å². The third-order valence-corrected chi connectivity index (χ3v) is 3.24. The van der Waals surface area contributed by atoms with E-state index in [1.165, 1.54) is 13.0 Å². The fraction of sp³-hybridized carbons (Fsp3) is 0.467. The number of hydrogen-bond acceptors (Lipinski definition) is 3. The van der Waals surface area contributed by atoms with E-state index < -0.39 is 0 Å². The van der Waals surface area contributed by atoms with Gasteiger partial charge in [-0.1, -0.05) is 26.2 Å². The molecule has 0 spiro atoms. The van der Waals surface area contributed by atoms with Gasteiger partial charge in [-0.25, -0.2) is 0 Å². The molecule has 0 aliphatic carbocycles. The molecule has 19 heavy (non-hydrogen) atoms. The normalized spacial score (nSPS) is 16.2. The zero-order valence-corrected chi connectivity index (χ0v) is 11.8. The zero-order chi connectivity index (χ0) is 14.4. The van der Waals surface area contributed by atoms with Gasteiger partial charge in [0.25, 0.3) is 0 Å². The molecule has 1 rings (SSSR count). The van der Waals surface area contributed by atoms with Crippen LogP contribution >= 0.6 is 0 Å². The van der Waals surface area contributed by atoms with Crippen LogP contribution in [-0.2, 0) is 9.59 Å². The molecular formula is C15H22N2O2. The Labute approximate surface area is 115 Å². The molecule has 0 radical (unpaired) electrons. The maximum atomic E-state index is 11.5. The second-order valence-electron chi connectivity index (χ2n) is 4.55. The van der Waals surface area contributed by atoms with Gasteiger partial charge in [0.2, 0.25) is 5.91 Å². The summed E-state index contributed by atoms with van der Waals surface area (Å²) in [6.07, 6.45) is 4.22. The molecule has 4 heteroatoms. The molecule has 1 saturated heterocycles. The van der Waals surface area contributed by atoms with Gasteiger partial charge in [-0.3, -0.25) is 9.59 Å². The fourth-order valence-electron chi connectivity index (χ4n) is 2.11. The highest BCUT2D eigenvalue weighted by Gasteiger charge is 2.22. The Kier molecular flexibility index (Phi) is 5.55. The van der Waals surface area contributed by atoms with Gasteiger partial charge in [-0.2, -0.15) is 0 Å². The summed E-state index contributed by atoms with van der Waals surface area (Å²) in [6, 6.07) is 0. The Balaban J connectivity index is 2.73. The summed E-state index contributed by atoms with van der Waals surface area (Å²) in [5, 5.41) is 0. The first-order chi connectivity index (χ1) is 9.01. The predicted molar refractivity (Wildman–Crippen MR) is 76.5 cm³/mol. The van der Waals surface area contributed by atoms with Gasteiger partial charge in [0, 0.05) is 37.4 Å². The van der Waals surface area contributed by atoms with Crippen molar-refractivity contribution >= 4 is 11.7 Å². The highest BCUT2D eigenvalue weighted by molar-refractivity contribution is 5.96. The number of ketones is 1. The Hall–Kier alpha value is -1.84. The van der Waals surface area contributed by atoms with E-state index in [0.29, 0.717) is 18.7 Å². The molecule has 1 aliphatic heterocycles. The minimum Gasteiger partial charge on any atom is -0.368 e.